The molecule has 0 rings (SSSR count). The fourth-order valence-electron chi connectivity index (χ4n) is 2.13. The Hall–Kier alpha value is -0.930. The number of hydrogen-bond acceptors (Lipinski definition) is 2. The zero-order chi connectivity index (χ0) is 17.6. The van der Waals surface area contributed by atoms with E-state index in [-0.39, 0.29) is 29.0 Å². The second-order valence-corrected chi connectivity index (χ2v) is 8.50. The molecule has 0 bridgehead atoms. The van der Waals surface area contributed by atoms with Crippen molar-refractivity contribution in [2.45, 2.75) is 80.8 Å². The summed E-state index contributed by atoms with van der Waals surface area (Å²) in [5, 5.41) is 8.55. The Bertz CT molecular complexity index is 346. The van der Waals surface area contributed by atoms with Crippen molar-refractivity contribution in [2.75, 3.05) is 0 Å². The summed E-state index contributed by atoms with van der Waals surface area (Å²) >= 11 is 0. The van der Waals surface area contributed by atoms with Crippen LogP contribution in [0.2, 0.25) is 0 Å². The summed E-state index contributed by atoms with van der Waals surface area (Å²) in [6.07, 6.45) is 1.03. The molecule has 0 fully saturated rings. The minimum absolute atomic E-state index is 0.123. The lowest BCUT2D eigenvalue weighted by Crippen LogP contribution is -2.32. The second-order valence-electron chi connectivity index (χ2n) is 8.50. The summed E-state index contributed by atoms with van der Waals surface area (Å²) in [5.74, 6) is -1.30. The van der Waals surface area contributed by atoms with Gasteiger partial charge in [-0.25, -0.2) is 4.39 Å². The molecule has 0 amide bonds. The van der Waals surface area contributed by atoms with Crippen LogP contribution in [0.1, 0.15) is 75.2 Å². The van der Waals surface area contributed by atoms with Gasteiger partial charge in [0.1, 0.15) is 0 Å². The first-order chi connectivity index (χ1) is 8.98. The molecule has 0 aromatic heterocycles. The maximum absolute atomic E-state index is 13.4. The number of rotatable bonds is 4. The third kappa shape index (κ3) is 13.8. The van der Waals surface area contributed by atoms with Crippen LogP contribution in [0.15, 0.2) is 0 Å². The molecule has 0 aliphatic heterocycles. The van der Waals surface area contributed by atoms with Crippen molar-refractivity contribution in [1.82, 2.24) is 0 Å². The molecular formula is C17H33FO3. The number of hydrogen-bond donors (Lipinski definition) is 1. The maximum Gasteiger partial charge on any atom is 0.306 e. The number of ketones is 1. The third-order valence-electron chi connectivity index (χ3n) is 2.94. The molecule has 0 aromatic rings. The van der Waals surface area contributed by atoms with Crippen LogP contribution in [-0.4, -0.2) is 22.5 Å². The van der Waals surface area contributed by atoms with E-state index in [2.05, 4.69) is 0 Å². The average Bonchev–Trinajstić information content (AvgIpc) is 2.11. The van der Waals surface area contributed by atoms with Crippen molar-refractivity contribution < 1.29 is 19.1 Å². The molecule has 0 heterocycles. The van der Waals surface area contributed by atoms with E-state index >= 15 is 0 Å². The number of halogens is 1. The second kappa shape index (κ2) is 7.90. The Balaban J connectivity index is 0. The van der Waals surface area contributed by atoms with Gasteiger partial charge in [0.2, 0.25) is 0 Å². The first-order valence-corrected chi connectivity index (χ1v) is 7.41. The van der Waals surface area contributed by atoms with E-state index in [0.29, 0.717) is 0 Å². The number of carboxylic acids is 1. The first kappa shape index (κ1) is 22.4. The van der Waals surface area contributed by atoms with Gasteiger partial charge in [-0.3, -0.25) is 9.59 Å². The minimum atomic E-state index is -1.65. The van der Waals surface area contributed by atoms with Gasteiger partial charge in [0.25, 0.3) is 0 Å². The van der Waals surface area contributed by atoms with Crippen LogP contribution in [0, 0.1) is 16.7 Å². The van der Waals surface area contributed by atoms with E-state index in [1.807, 2.05) is 41.5 Å². The van der Waals surface area contributed by atoms with E-state index < -0.39 is 11.6 Å². The summed E-state index contributed by atoms with van der Waals surface area (Å²) in [6.45, 7) is 16.3. The van der Waals surface area contributed by atoms with Gasteiger partial charge in [0, 0.05) is 0 Å². The lowest BCUT2D eigenvalue weighted by atomic mass is 9.82. The van der Waals surface area contributed by atoms with Crippen molar-refractivity contribution in [3.63, 3.8) is 0 Å². The highest BCUT2D eigenvalue weighted by molar-refractivity contribution is 5.84. The summed E-state index contributed by atoms with van der Waals surface area (Å²) in [6, 6.07) is 0. The number of Topliss-reactive ketones (excluding diaryl/α,β-unsaturated/α-hetero) is 1. The first-order valence-electron chi connectivity index (χ1n) is 7.41. The molecule has 1 N–H and O–H groups in total. The van der Waals surface area contributed by atoms with Crippen molar-refractivity contribution in [2.24, 2.45) is 16.7 Å². The molecule has 126 valence electrons. The Morgan fingerprint density at radius 1 is 1.00 bits per heavy atom. The average molecular weight is 304 g/mol. The summed E-state index contributed by atoms with van der Waals surface area (Å²) in [7, 11) is 0. The topological polar surface area (TPSA) is 54.4 Å². The van der Waals surface area contributed by atoms with E-state index in [0.717, 1.165) is 6.42 Å². The number of carboxylic acid groups (broad SMARTS) is 1. The van der Waals surface area contributed by atoms with Crippen molar-refractivity contribution in [3.05, 3.63) is 0 Å². The van der Waals surface area contributed by atoms with Gasteiger partial charge in [-0.1, -0.05) is 48.5 Å². The number of carbonyl (C=O) groups is 2. The van der Waals surface area contributed by atoms with Crippen LogP contribution in [0.5, 0.6) is 0 Å². The number of carbonyl (C=O) groups excluding carboxylic acids is 1. The fourth-order valence-corrected chi connectivity index (χ4v) is 2.13. The van der Waals surface area contributed by atoms with Crippen LogP contribution >= 0.6 is 0 Å². The molecule has 3 nitrogen and oxygen atoms in total. The van der Waals surface area contributed by atoms with E-state index in [4.69, 9.17) is 5.11 Å². The van der Waals surface area contributed by atoms with Gasteiger partial charge >= 0.3 is 5.97 Å². The van der Waals surface area contributed by atoms with Gasteiger partial charge in [0.15, 0.2) is 11.5 Å². The van der Waals surface area contributed by atoms with E-state index in [1.165, 1.54) is 13.8 Å². The van der Waals surface area contributed by atoms with Gasteiger partial charge in [-0.15, -0.1) is 0 Å². The molecule has 2 unspecified atom stereocenters. The maximum atomic E-state index is 13.4. The summed E-state index contributed by atoms with van der Waals surface area (Å²) < 4.78 is 13.4. The number of alkyl halides is 1. The molecule has 21 heavy (non-hydrogen) atoms. The summed E-state index contributed by atoms with van der Waals surface area (Å²) in [5.41, 5.74) is -1.66. The molecule has 2 atom stereocenters. The monoisotopic (exact) mass is 304 g/mol. The number of aliphatic carboxylic acids is 1. The summed E-state index contributed by atoms with van der Waals surface area (Å²) in [4.78, 5) is 21.1. The predicted octanol–water partition coefficient (Wildman–Crippen LogP) is 4.88. The minimum Gasteiger partial charge on any atom is -0.481 e. The van der Waals surface area contributed by atoms with Crippen LogP contribution in [-0.2, 0) is 9.59 Å². The largest absolute Gasteiger partial charge is 0.481 e. The SMILES string of the molecule is CC(=O)C(C)(F)CC(C)(C)C.CC(CC(C)(C)C)C(=O)O. The smallest absolute Gasteiger partial charge is 0.306 e. The Labute approximate surface area is 129 Å². The lowest BCUT2D eigenvalue weighted by molar-refractivity contribution is -0.142. The molecule has 0 aliphatic rings. The highest BCUT2D eigenvalue weighted by Gasteiger charge is 2.33. The normalized spacial score (nSPS) is 16.3. The predicted molar refractivity (Wildman–Crippen MR) is 85.1 cm³/mol. The van der Waals surface area contributed by atoms with Crippen molar-refractivity contribution >= 4 is 11.8 Å². The highest BCUT2D eigenvalue weighted by Crippen LogP contribution is 2.30. The molecule has 0 spiro atoms. The van der Waals surface area contributed by atoms with Crippen LogP contribution in [0.4, 0.5) is 4.39 Å². The van der Waals surface area contributed by atoms with Gasteiger partial charge in [0.05, 0.1) is 5.92 Å². The molecule has 0 aliphatic carbocycles. The van der Waals surface area contributed by atoms with Gasteiger partial charge < -0.3 is 5.11 Å². The Morgan fingerprint density at radius 2 is 1.38 bits per heavy atom. The molecule has 4 heteroatoms. The quantitative estimate of drug-likeness (QED) is 0.805. The third-order valence-corrected chi connectivity index (χ3v) is 2.94. The molecule has 0 aromatic carbocycles. The van der Waals surface area contributed by atoms with E-state index in [9.17, 15) is 14.0 Å². The van der Waals surface area contributed by atoms with Crippen molar-refractivity contribution in [3.8, 4) is 0 Å². The molecule has 0 saturated heterocycles. The lowest BCUT2D eigenvalue weighted by Gasteiger charge is -2.26. The molecule has 0 saturated carbocycles. The fraction of sp³-hybridized carbons (Fsp3) is 0.882. The zero-order valence-corrected chi connectivity index (χ0v) is 15.1. The highest BCUT2D eigenvalue weighted by atomic mass is 19.1. The van der Waals surface area contributed by atoms with Crippen LogP contribution in [0.3, 0.4) is 0 Å². The zero-order valence-electron chi connectivity index (χ0n) is 15.1. The molecule has 0 radical (unpaired) electrons. The van der Waals surface area contributed by atoms with E-state index in [1.54, 1.807) is 6.92 Å². The standard InChI is InChI=1S/C9H17FO.C8H16O2/c1-7(11)9(5,10)6-8(2,3)4;1-6(7(9)10)5-8(2,3)4/h6H2,1-5H3;6H,5H2,1-4H3,(H,9,10). The Kier molecular flexibility index (Phi) is 8.41. The van der Waals surface area contributed by atoms with Gasteiger partial charge in [-0.2, -0.15) is 0 Å². The Morgan fingerprint density at radius 3 is 1.48 bits per heavy atom. The van der Waals surface area contributed by atoms with Crippen LogP contribution < -0.4 is 0 Å². The molecular weight excluding hydrogens is 271 g/mol. The van der Waals surface area contributed by atoms with Crippen molar-refractivity contribution in [1.29, 1.82) is 0 Å². The van der Waals surface area contributed by atoms with Crippen LogP contribution in [0.25, 0.3) is 0 Å². The van der Waals surface area contributed by atoms with Gasteiger partial charge in [-0.05, 0) is 37.5 Å².